The largest absolute Gasteiger partial charge is 0.396 e. The average molecular weight is 193 g/mol. The number of hydrogen-bond donors (Lipinski definition) is 2. The van der Waals surface area contributed by atoms with E-state index in [0.29, 0.717) is 5.69 Å². The number of rotatable bonds is 1. The molecule has 1 aromatic rings. The van der Waals surface area contributed by atoms with Crippen LogP contribution in [0.25, 0.3) is 0 Å². The second kappa shape index (κ2) is 4.23. The lowest BCUT2D eigenvalue weighted by Gasteiger charge is -2.19. The smallest absolute Gasteiger partial charge is 0.225 e. The van der Waals surface area contributed by atoms with Crippen LogP contribution in [0.5, 0.6) is 0 Å². The van der Waals surface area contributed by atoms with E-state index in [4.69, 9.17) is 5.73 Å². The van der Waals surface area contributed by atoms with Crippen molar-refractivity contribution in [2.45, 2.75) is 6.42 Å². The Kier molecular flexibility index (Phi) is 2.78. The molecular formula is C9H15N5. The van der Waals surface area contributed by atoms with Gasteiger partial charge in [-0.2, -0.15) is 0 Å². The van der Waals surface area contributed by atoms with Gasteiger partial charge >= 0.3 is 0 Å². The van der Waals surface area contributed by atoms with Gasteiger partial charge in [-0.25, -0.2) is 9.97 Å². The summed E-state index contributed by atoms with van der Waals surface area (Å²) in [6, 6.07) is 0. The molecule has 1 saturated heterocycles. The molecule has 0 aliphatic carbocycles. The van der Waals surface area contributed by atoms with Gasteiger partial charge in [0.25, 0.3) is 0 Å². The first kappa shape index (κ1) is 9.21. The molecule has 2 rings (SSSR count). The molecule has 14 heavy (non-hydrogen) atoms. The van der Waals surface area contributed by atoms with Crippen LogP contribution < -0.4 is 16.0 Å². The summed E-state index contributed by atoms with van der Waals surface area (Å²) in [5, 5.41) is 3.34. The van der Waals surface area contributed by atoms with Gasteiger partial charge in [0.1, 0.15) is 0 Å². The minimum absolute atomic E-state index is 0.613. The Morgan fingerprint density at radius 3 is 2.79 bits per heavy atom. The monoisotopic (exact) mass is 193 g/mol. The summed E-state index contributed by atoms with van der Waals surface area (Å²) < 4.78 is 0. The van der Waals surface area contributed by atoms with Gasteiger partial charge in [0.2, 0.25) is 5.95 Å². The zero-order chi connectivity index (χ0) is 9.80. The second-order valence-corrected chi connectivity index (χ2v) is 3.41. The molecule has 0 aromatic carbocycles. The first-order valence-electron chi connectivity index (χ1n) is 4.89. The van der Waals surface area contributed by atoms with Gasteiger partial charge in [0, 0.05) is 19.6 Å². The Hall–Kier alpha value is -1.36. The highest BCUT2D eigenvalue weighted by atomic mass is 15.3. The van der Waals surface area contributed by atoms with E-state index in [-0.39, 0.29) is 0 Å². The summed E-state index contributed by atoms with van der Waals surface area (Å²) in [5.74, 6) is 0.780. The van der Waals surface area contributed by atoms with E-state index >= 15 is 0 Å². The van der Waals surface area contributed by atoms with Crippen molar-refractivity contribution in [3.63, 3.8) is 0 Å². The van der Waals surface area contributed by atoms with Crippen molar-refractivity contribution in [3.05, 3.63) is 12.4 Å². The molecule has 0 radical (unpaired) electrons. The Labute approximate surface area is 83.3 Å². The number of nitrogens with zero attached hydrogens (tertiary/aromatic N) is 3. The third-order valence-electron chi connectivity index (χ3n) is 2.28. The number of hydrogen-bond acceptors (Lipinski definition) is 5. The molecule has 5 heteroatoms. The molecule has 0 spiro atoms. The van der Waals surface area contributed by atoms with Crippen LogP contribution in [0.1, 0.15) is 6.42 Å². The summed E-state index contributed by atoms with van der Waals surface area (Å²) in [7, 11) is 0. The van der Waals surface area contributed by atoms with Crippen LogP contribution in [0.4, 0.5) is 11.6 Å². The van der Waals surface area contributed by atoms with Crippen LogP contribution in [0.3, 0.4) is 0 Å². The van der Waals surface area contributed by atoms with E-state index in [2.05, 4.69) is 20.2 Å². The maximum absolute atomic E-state index is 5.53. The van der Waals surface area contributed by atoms with E-state index in [1.807, 2.05) is 0 Å². The average Bonchev–Trinajstić information content (AvgIpc) is 2.47. The molecule has 0 unspecified atom stereocenters. The highest BCUT2D eigenvalue weighted by molar-refractivity contribution is 5.37. The highest BCUT2D eigenvalue weighted by Crippen LogP contribution is 2.08. The predicted molar refractivity (Wildman–Crippen MR) is 56.1 cm³/mol. The van der Waals surface area contributed by atoms with Crippen LogP contribution in [-0.2, 0) is 0 Å². The quantitative estimate of drug-likeness (QED) is 0.649. The van der Waals surface area contributed by atoms with Crippen molar-refractivity contribution < 1.29 is 0 Å². The Bertz CT molecular complexity index is 276. The number of anilines is 2. The van der Waals surface area contributed by atoms with Crippen molar-refractivity contribution in [2.24, 2.45) is 0 Å². The zero-order valence-corrected chi connectivity index (χ0v) is 8.11. The molecule has 2 heterocycles. The van der Waals surface area contributed by atoms with E-state index in [9.17, 15) is 0 Å². The van der Waals surface area contributed by atoms with Gasteiger partial charge in [-0.05, 0) is 13.0 Å². The highest BCUT2D eigenvalue weighted by Gasteiger charge is 2.10. The second-order valence-electron chi connectivity index (χ2n) is 3.41. The molecule has 0 atom stereocenters. The fourth-order valence-electron chi connectivity index (χ4n) is 1.54. The van der Waals surface area contributed by atoms with Crippen molar-refractivity contribution in [3.8, 4) is 0 Å². The third kappa shape index (κ3) is 2.11. The lowest BCUT2D eigenvalue weighted by molar-refractivity contribution is 0.724. The van der Waals surface area contributed by atoms with Crippen LogP contribution in [-0.4, -0.2) is 36.1 Å². The Morgan fingerprint density at radius 2 is 2.00 bits per heavy atom. The van der Waals surface area contributed by atoms with E-state index in [1.54, 1.807) is 12.4 Å². The fourth-order valence-corrected chi connectivity index (χ4v) is 1.54. The van der Waals surface area contributed by atoms with Crippen LogP contribution in [0.2, 0.25) is 0 Å². The molecule has 1 fully saturated rings. The van der Waals surface area contributed by atoms with Gasteiger partial charge in [0.15, 0.2) is 0 Å². The van der Waals surface area contributed by atoms with Crippen molar-refractivity contribution in [2.75, 3.05) is 36.8 Å². The molecule has 3 N–H and O–H groups in total. The van der Waals surface area contributed by atoms with Gasteiger partial charge in [-0.3, -0.25) is 0 Å². The van der Waals surface area contributed by atoms with E-state index in [0.717, 1.165) is 38.5 Å². The first-order valence-corrected chi connectivity index (χ1v) is 4.89. The third-order valence-corrected chi connectivity index (χ3v) is 2.28. The number of aromatic nitrogens is 2. The summed E-state index contributed by atoms with van der Waals surface area (Å²) in [6.45, 7) is 4.04. The summed E-state index contributed by atoms with van der Waals surface area (Å²) in [4.78, 5) is 10.6. The topological polar surface area (TPSA) is 67.1 Å². The lowest BCUT2D eigenvalue weighted by atomic mass is 10.4. The summed E-state index contributed by atoms with van der Waals surface area (Å²) in [6.07, 6.45) is 4.44. The molecule has 76 valence electrons. The van der Waals surface area contributed by atoms with Crippen LogP contribution in [0, 0.1) is 0 Å². The molecule has 0 saturated carbocycles. The van der Waals surface area contributed by atoms with Crippen molar-refractivity contribution in [1.82, 2.24) is 15.3 Å². The lowest BCUT2D eigenvalue weighted by Crippen LogP contribution is -2.29. The molecular weight excluding hydrogens is 178 g/mol. The minimum Gasteiger partial charge on any atom is -0.396 e. The fraction of sp³-hybridized carbons (Fsp3) is 0.556. The molecule has 1 aromatic heterocycles. The van der Waals surface area contributed by atoms with E-state index < -0.39 is 0 Å². The summed E-state index contributed by atoms with van der Waals surface area (Å²) >= 11 is 0. The molecule has 1 aliphatic heterocycles. The number of nitrogen functional groups attached to an aromatic ring is 1. The SMILES string of the molecule is Nc1cnc(N2CCCNCC2)nc1. The Morgan fingerprint density at radius 1 is 1.21 bits per heavy atom. The van der Waals surface area contributed by atoms with Gasteiger partial charge in [0.05, 0.1) is 18.1 Å². The van der Waals surface area contributed by atoms with Gasteiger partial charge in [-0.15, -0.1) is 0 Å². The van der Waals surface area contributed by atoms with Crippen LogP contribution in [0.15, 0.2) is 12.4 Å². The van der Waals surface area contributed by atoms with Gasteiger partial charge in [-0.1, -0.05) is 0 Å². The standard InChI is InChI=1S/C9H15N5/c10-8-6-12-9(13-7-8)14-4-1-2-11-3-5-14/h6-7,11H,1-5,10H2. The molecule has 1 aliphatic rings. The zero-order valence-electron chi connectivity index (χ0n) is 8.11. The number of nitrogens with one attached hydrogen (secondary N) is 1. The van der Waals surface area contributed by atoms with Crippen LogP contribution >= 0.6 is 0 Å². The number of nitrogens with two attached hydrogens (primary N) is 1. The van der Waals surface area contributed by atoms with Crippen molar-refractivity contribution in [1.29, 1.82) is 0 Å². The summed E-state index contributed by atoms with van der Waals surface area (Å²) in [5.41, 5.74) is 6.14. The normalized spacial score (nSPS) is 17.9. The van der Waals surface area contributed by atoms with Gasteiger partial charge < -0.3 is 16.0 Å². The van der Waals surface area contributed by atoms with E-state index in [1.165, 1.54) is 0 Å². The maximum atomic E-state index is 5.53. The molecule has 0 amide bonds. The first-order chi connectivity index (χ1) is 6.86. The molecule has 5 nitrogen and oxygen atoms in total. The Balaban J connectivity index is 2.08. The maximum Gasteiger partial charge on any atom is 0.225 e. The van der Waals surface area contributed by atoms with Crippen molar-refractivity contribution >= 4 is 11.6 Å². The minimum atomic E-state index is 0.613. The molecule has 0 bridgehead atoms. The predicted octanol–water partition coefficient (Wildman–Crippen LogP) is -0.142.